The molecule has 5 heteroatoms. The highest BCUT2D eigenvalue weighted by molar-refractivity contribution is 7.91. The molecule has 22 heavy (non-hydrogen) atoms. The van der Waals surface area contributed by atoms with Crippen LogP contribution in [-0.4, -0.2) is 43.8 Å². The maximum atomic E-state index is 12.5. The second-order valence-corrected chi connectivity index (χ2v) is 7.69. The predicted molar refractivity (Wildman–Crippen MR) is 86.4 cm³/mol. The van der Waals surface area contributed by atoms with E-state index in [9.17, 15) is 13.2 Å². The summed E-state index contributed by atoms with van der Waals surface area (Å²) >= 11 is 0. The smallest absolute Gasteiger partial charge is 0.253 e. The number of hydrogen-bond acceptors (Lipinski definition) is 3. The maximum absolute atomic E-state index is 12.5. The molecule has 4 nitrogen and oxygen atoms in total. The molecule has 1 aliphatic rings. The predicted octanol–water partition coefficient (Wildman–Crippen LogP) is 2.22. The highest BCUT2D eigenvalue weighted by Gasteiger charge is 2.25. The molecule has 114 valence electrons. The van der Waals surface area contributed by atoms with E-state index in [0.717, 1.165) is 11.1 Å². The van der Waals surface area contributed by atoms with Crippen molar-refractivity contribution in [3.05, 3.63) is 60.2 Å². The van der Waals surface area contributed by atoms with Gasteiger partial charge in [0, 0.05) is 18.7 Å². The van der Waals surface area contributed by atoms with E-state index in [1.807, 2.05) is 48.5 Å². The van der Waals surface area contributed by atoms with Crippen LogP contribution in [0.5, 0.6) is 0 Å². The molecule has 2 aromatic carbocycles. The summed E-state index contributed by atoms with van der Waals surface area (Å²) in [5.41, 5.74) is 2.63. The molecule has 0 aliphatic carbocycles. The summed E-state index contributed by atoms with van der Waals surface area (Å²) in [4.78, 5) is 14.1. The molecular weight excluding hydrogens is 298 g/mol. The third-order valence-electron chi connectivity index (χ3n) is 3.85. The molecule has 1 saturated heterocycles. The van der Waals surface area contributed by atoms with E-state index >= 15 is 0 Å². The SMILES string of the molecule is O=C(c1cccc(-c2ccccc2)c1)N1CCS(=O)(=O)CC1. The zero-order valence-electron chi connectivity index (χ0n) is 12.1. The van der Waals surface area contributed by atoms with E-state index in [1.54, 1.807) is 11.0 Å². The van der Waals surface area contributed by atoms with Gasteiger partial charge in [0.2, 0.25) is 0 Å². The Bertz CT molecular complexity index is 771. The summed E-state index contributed by atoms with van der Waals surface area (Å²) in [6.45, 7) is 0.549. The first kappa shape index (κ1) is 14.8. The van der Waals surface area contributed by atoms with Crippen molar-refractivity contribution in [1.29, 1.82) is 0 Å². The van der Waals surface area contributed by atoms with E-state index < -0.39 is 9.84 Å². The van der Waals surface area contributed by atoms with Crippen molar-refractivity contribution in [3.8, 4) is 11.1 Å². The molecule has 0 saturated carbocycles. The minimum Gasteiger partial charge on any atom is -0.337 e. The van der Waals surface area contributed by atoms with Gasteiger partial charge < -0.3 is 4.90 Å². The minimum absolute atomic E-state index is 0.0527. The lowest BCUT2D eigenvalue weighted by Crippen LogP contribution is -2.43. The molecule has 1 fully saturated rings. The summed E-state index contributed by atoms with van der Waals surface area (Å²) in [5, 5.41) is 0. The summed E-state index contributed by atoms with van der Waals surface area (Å²) in [7, 11) is -2.98. The van der Waals surface area contributed by atoms with Gasteiger partial charge in [-0.25, -0.2) is 8.42 Å². The van der Waals surface area contributed by atoms with E-state index in [4.69, 9.17) is 0 Å². The van der Waals surface area contributed by atoms with Crippen molar-refractivity contribution >= 4 is 15.7 Å². The fraction of sp³-hybridized carbons (Fsp3) is 0.235. The van der Waals surface area contributed by atoms with Crippen molar-refractivity contribution in [2.45, 2.75) is 0 Å². The second kappa shape index (κ2) is 5.93. The van der Waals surface area contributed by atoms with Crippen molar-refractivity contribution in [2.24, 2.45) is 0 Å². The molecule has 0 radical (unpaired) electrons. The Labute approximate surface area is 130 Å². The van der Waals surface area contributed by atoms with Crippen LogP contribution in [0, 0.1) is 0 Å². The zero-order chi connectivity index (χ0) is 15.6. The van der Waals surface area contributed by atoms with Gasteiger partial charge in [0.25, 0.3) is 5.91 Å². The van der Waals surface area contributed by atoms with Crippen molar-refractivity contribution in [1.82, 2.24) is 4.90 Å². The van der Waals surface area contributed by atoms with Gasteiger partial charge in [0.1, 0.15) is 0 Å². The molecule has 1 heterocycles. The number of benzene rings is 2. The molecule has 0 bridgehead atoms. The van der Waals surface area contributed by atoms with Crippen LogP contribution in [-0.2, 0) is 9.84 Å². The number of sulfone groups is 1. The second-order valence-electron chi connectivity index (χ2n) is 5.39. The number of carbonyl (C=O) groups excluding carboxylic acids is 1. The summed E-state index contributed by atoms with van der Waals surface area (Å²) < 4.78 is 22.9. The number of hydrogen-bond donors (Lipinski definition) is 0. The van der Waals surface area contributed by atoms with E-state index in [1.165, 1.54) is 0 Å². The fourth-order valence-corrected chi connectivity index (χ4v) is 3.76. The van der Waals surface area contributed by atoms with Crippen molar-refractivity contribution < 1.29 is 13.2 Å². The number of nitrogens with zero attached hydrogens (tertiary/aromatic N) is 1. The monoisotopic (exact) mass is 315 g/mol. The molecule has 3 rings (SSSR count). The van der Waals surface area contributed by atoms with Crippen LogP contribution in [0.25, 0.3) is 11.1 Å². The summed E-state index contributed by atoms with van der Waals surface area (Å²) in [6.07, 6.45) is 0. The lowest BCUT2D eigenvalue weighted by molar-refractivity contribution is 0.0770. The van der Waals surface area contributed by atoms with Crippen LogP contribution < -0.4 is 0 Å². The van der Waals surface area contributed by atoms with Gasteiger partial charge >= 0.3 is 0 Å². The van der Waals surface area contributed by atoms with Crippen LogP contribution in [0.1, 0.15) is 10.4 Å². The normalized spacial score (nSPS) is 17.2. The Morgan fingerprint density at radius 3 is 2.18 bits per heavy atom. The summed E-state index contributed by atoms with van der Waals surface area (Å²) in [5.74, 6) is 0.00139. The Kier molecular flexibility index (Phi) is 3.98. The molecule has 1 amide bonds. The van der Waals surface area contributed by atoms with Gasteiger partial charge in [-0.2, -0.15) is 0 Å². The average Bonchev–Trinajstić information content (AvgIpc) is 2.55. The Hall–Kier alpha value is -2.14. The largest absolute Gasteiger partial charge is 0.337 e. The third kappa shape index (κ3) is 3.20. The van der Waals surface area contributed by atoms with E-state index in [0.29, 0.717) is 5.56 Å². The van der Waals surface area contributed by atoms with Gasteiger partial charge in [0.05, 0.1) is 11.5 Å². The topological polar surface area (TPSA) is 54.5 Å². The van der Waals surface area contributed by atoms with Gasteiger partial charge in [-0.3, -0.25) is 4.79 Å². The molecular formula is C17H17NO3S. The van der Waals surface area contributed by atoms with Gasteiger partial charge in [0.15, 0.2) is 9.84 Å². The van der Waals surface area contributed by atoms with E-state index in [-0.39, 0.29) is 30.5 Å². The first-order valence-electron chi connectivity index (χ1n) is 7.20. The Morgan fingerprint density at radius 2 is 1.50 bits per heavy atom. The fourth-order valence-electron chi connectivity index (χ4n) is 2.56. The first-order chi connectivity index (χ1) is 10.6. The highest BCUT2D eigenvalue weighted by Crippen LogP contribution is 2.21. The van der Waals surface area contributed by atoms with Gasteiger partial charge in [-0.15, -0.1) is 0 Å². The van der Waals surface area contributed by atoms with Gasteiger partial charge in [-0.1, -0.05) is 42.5 Å². The number of carbonyl (C=O) groups is 1. The number of amides is 1. The van der Waals surface area contributed by atoms with E-state index in [2.05, 4.69) is 0 Å². The molecule has 1 aliphatic heterocycles. The minimum atomic E-state index is -2.98. The lowest BCUT2D eigenvalue weighted by atomic mass is 10.0. The third-order valence-corrected chi connectivity index (χ3v) is 5.46. The molecule has 0 N–H and O–H groups in total. The first-order valence-corrected chi connectivity index (χ1v) is 9.02. The average molecular weight is 315 g/mol. The maximum Gasteiger partial charge on any atom is 0.253 e. The Balaban J connectivity index is 1.82. The zero-order valence-corrected chi connectivity index (χ0v) is 12.9. The van der Waals surface area contributed by atoms with Crippen LogP contribution in [0.2, 0.25) is 0 Å². The van der Waals surface area contributed by atoms with Crippen LogP contribution in [0.4, 0.5) is 0 Å². The van der Waals surface area contributed by atoms with Crippen LogP contribution in [0.15, 0.2) is 54.6 Å². The van der Waals surface area contributed by atoms with Crippen LogP contribution in [0.3, 0.4) is 0 Å². The highest BCUT2D eigenvalue weighted by atomic mass is 32.2. The lowest BCUT2D eigenvalue weighted by Gasteiger charge is -2.26. The molecule has 0 aromatic heterocycles. The molecule has 0 unspecified atom stereocenters. The van der Waals surface area contributed by atoms with Crippen LogP contribution >= 0.6 is 0 Å². The Morgan fingerprint density at radius 1 is 0.864 bits per heavy atom. The molecule has 2 aromatic rings. The van der Waals surface area contributed by atoms with Crippen molar-refractivity contribution in [3.63, 3.8) is 0 Å². The standard InChI is InChI=1S/C17H17NO3S/c19-17(18-9-11-22(20,21)12-10-18)16-8-4-7-15(13-16)14-5-2-1-3-6-14/h1-8,13H,9-12H2. The molecule has 0 spiro atoms. The van der Waals surface area contributed by atoms with Gasteiger partial charge in [-0.05, 0) is 23.3 Å². The number of rotatable bonds is 2. The quantitative estimate of drug-likeness (QED) is 0.854. The summed E-state index contributed by atoms with van der Waals surface area (Å²) in [6, 6.07) is 17.3. The van der Waals surface area contributed by atoms with Crippen molar-refractivity contribution in [2.75, 3.05) is 24.6 Å². The molecule has 0 atom stereocenters.